The second-order valence-electron chi connectivity index (χ2n) is 5.92. The Morgan fingerprint density at radius 1 is 0.963 bits per heavy atom. The van der Waals surface area contributed by atoms with E-state index in [2.05, 4.69) is 29.2 Å². The fourth-order valence-electron chi connectivity index (χ4n) is 2.86. The Bertz CT molecular complexity index is 1060. The Morgan fingerprint density at radius 2 is 1.78 bits per heavy atom. The third-order valence-electron chi connectivity index (χ3n) is 4.25. The molecule has 0 radical (unpaired) electrons. The topological polar surface area (TPSA) is 48.7 Å². The van der Waals surface area contributed by atoms with E-state index in [1.807, 2.05) is 40.9 Å². The molecule has 0 N–H and O–H groups in total. The first-order chi connectivity index (χ1) is 13.3. The predicted octanol–water partition coefficient (Wildman–Crippen LogP) is 4.71. The normalized spacial score (nSPS) is 10.9. The lowest BCUT2D eigenvalue weighted by atomic mass is 10.1. The highest BCUT2D eigenvalue weighted by Crippen LogP contribution is 2.33. The van der Waals surface area contributed by atoms with Crippen molar-refractivity contribution in [3.8, 4) is 22.8 Å². The zero-order valence-electron chi connectivity index (χ0n) is 15.1. The van der Waals surface area contributed by atoms with Gasteiger partial charge in [0.05, 0.1) is 19.9 Å². The highest BCUT2D eigenvalue weighted by molar-refractivity contribution is 7.98. The summed E-state index contributed by atoms with van der Waals surface area (Å²) in [7, 11) is 3.26. The smallest absolute Gasteiger partial charge is 0.174 e. The maximum Gasteiger partial charge on any atom is 0.174 e. The molecule has 0 aliphatic heterocycles. The first-order valence-electron chi connectivity index (χ1n) is 8.51. The van der Waals surface area contributed by atoms with E-state index in [0.29, 0.717) is 11.5 Å². The largest absolute Gasteiger partial charge is 0.493 e. The number of aromatic nitrogens is 3. The monoisotopic (exact) mass is 377 g/mol. The van der Waals surface area contributed by atoms with E-state index in [0.717, 1.165) is 27.8 Å². The molecule has 0 spiro atoms. The molecule has 27 heavy (non-hydrogen) atoms. The average molecular weight is 377 g/mol. The lowest BCUT2D eigenvalue weighted by molar-refractivity contribution is 0.355. The molecular formula is C21H19N3O2S. The first kappa shape index (κ1) is 17.4. The third kappa shape index (κ3) is 3.61. The lowest BCUT2D eigenvalue weighted by Crippen LogP contribution is -1.97. The minimum Gasteiger partial charge on any atom is -0.493 e. The number of benzene rings is 2. The Morgan fingerprint density at radius 3 is 2.56 bits per heavy atom. The van der Waals surface area contributed by atoms with E-state index in [4.69, 9.17) is 14.5 Å². The molecule has 4 rings (SSSR count). The van der Waals surface area contributed by atoms with Crippen LogP contribution >= 0.6 is 11.8 Å². The van der Waals surface area contributed by atoms with E-state index in [1.165, 1.54) is 5.56 Å². The number of fused-ring (bicyclic) bond motifs is 1. The summed E-state index contributed by atoms with van der Waals surface area (Å²) in [6, 6.07) is 18.2. The van der Waals surface area contributed by atoms with Gasteiger partial charge in [0.25, 0.3) is 0 Å². The van der Waals surface area contributed by atoms with Gasteiger partial charge in [-0.3, -0.25) is 4.40 Å². The van der Waals surface area contributed by atoms with Gasteiger partial charge < -0.3 is 9.47 Å². The second kappa shape index (κ2) is 7.72. The lowest BCUT2D eigenvalue weighted by Gasteiger charge is -2.11. The molecule has 136 valence electrons. The standard InChI is InChI=1S/C21H19N3O2S/c1-25-18-9-8-16(12-19(18)26-2)17-13-20-22-10-11-24(20)21(23-17)27-14-15-6-4-3-5-7-15/h3-13H,14H2,1-2H3. The van der Waals surface area contributed by atoms with Gasteiger partial charge in [0.1, 0.15) is 5.65 Å². The summed E-state index contributed by atoms with van der Waals surface area (Å²) in [6.45, 7) is 0. The molecule has 2 heterocycles. The number of methoxy groups -OCH3 is 2. The highest BCUT2D eigenvalue weighted by atomic mass is 32.2. The van der Waals surface area contributed by atoms with E-state index in [1.54, 1.807) is 32.2 Å². The van der Waals surface area contributed by atoms with Crippen molar-refractivity contribution in [3.05, 3.63) is 72.6 Å². The second-order valence-corrected chi connectivity index (χ2v) is 6.87. The van der Waals surface area contributed by atoms with E-state index in [-0.39, 0.29) is 0 Å². The summed E-state index contributed by atoms with van der Waals surface area (Å²) >= 11 is 1.69. The van der Waals surface area contributed by atoms with Crippen molar-refractivity contribution in [2.75, 3.05) is 14.2 Å². The van der Waals surface area contributed by atoms with Gasteiger partial charge in [0.15, 0.2) is 16.7 Å². The summed E-state index contributed by atoms with van der Waals surface area (Å²) in [4.78, 5) is 9.33. The van der Waals surface area contributed by atoms with Gasteiger partial charge in [-0.15, -0.1) is 0 Å². The number of nitrogens with zero attached hydrogens (tertiary/aromatic N) is 3. The molecular weight excluding hydrogens is 358 g/mol. The Balaban J connectivity index is 1.72. The van der Waals surface area contributed by atoms with Gasteiger partial charge in [-0.05, 0) is 23.8 Å². The van der Waals surface area contributed by atoms with E-state index < -0.39 is 0 Å². The van der Waals surface area contributed by atoms with E-state index in [9.17, 15) is 0 Å². The van der Waals surface area contributed by atoms with Gasteiger partial charge in [0.2, 0.25) is 0 Å². The fraction of sp³-hybridized carbons (Fsp3) is 0.143. The van der Waals surface area contributed by atoms with Gasteiger partial charge in [-0.25, -0.2) is 9.97 Å². The molecule has 5 nitrogen and oxygen atoms in total. The summed E-state index contributed by atoms with van der Waals surface area (Å²) in [5, 5.41) is 0.902. The SMILES string of the molecule is COc1ccc(-c2cc3nccn3c(SCc3ccccc3)n2)cc1OC. The Hall–Kier alpha value is -2.99. The molecule has 2 aromatic carbocycles. The van der Waals surface area contributed by atoms with Crippen LogP contribution in [0.1, 0.15) is 5.56 Å². The van der Waals surface area contributed by atoms with Gasteiger partial charge in [-0.1, -0.05) is 42.1 Å². The fourth-order valence-corrected chi connectivity index (χ4v) is 3.81. The molecule has 0 atom stereocenters. The van der Waals surface area contributed by atoms with Crippen LogP contribution in [0, 0.1) is 0 Å². The molecule has 0 fully saturated rings. The van der Waals surface area contributed by atoms with Crippen LogP contribution in [0.5, 0.6) is 11.5 Å². The number of thioether (sulfide) groups is 1. The zero-order chi connectivity index (χ0) is 18.6. The van der Waals surface area contributed by atoms with E-state index >= 15 is 0 Å². The highest BCUT2D eigenvalue weighted by Gasteiger charge is 2.12. The molecule has 0 amide bonds. The van der Waals surface area contributed by atoms with Crippen molar-refractivity contribution in [1.29, 1.82) is 0 Å². The van der Waals surface area contributed by atoms with Gasteiger partial charge in [0, 0.05) is 29.8 Å². The first-order valence-corrected chi connectivity index (χ1v) is 9.50. The van der Waals surface area contributed by atoms with Crippen molar-refractivity contribution in [3.63, 3.8) is 0 Å². The number of rotatable bonds is 6. The number of imidazole rings is 1. The molecule has 0 bridgehead atoms. The van der Waals surface area contributed by atoms with Crippen LogP contribution in [0.25, 0.3) is 16.9 Å². The van der Waals surface area contributed by atoms with Crippen molar-refractivity contribution in [2.45, 2.75) is 10.9 Å². The number of ether oxygens (including phenoxy) is 2. The molecule has 0 saturated carbocycles. The van der Waals surface area contributed by atoms with Crippen molar-refractivity contribution < 1.29 is 9.47 Å². The predicted molar refractivity (Wildman–Crippen MR) is 108 cm³/mol. The maximum atomic E-state index is 5.43. The van der Waals surface area contributed by atoms with Crippen LogP contribution in [-0.2, 0) is 5.75 Å². The summed E-state index contributed by atoms with van der Waals surface area (Å²) < 4.78 is 12.8. The van der Waals surface area contributed by atoms with Crippen molar-refractivity contribution in [1.82, 2.24) is 14.4 Å². The Kier molecular flexibility index (Phi) is 4.98. The maximum absolute atomic E-state index is 5.43. The third-order valence-corrected chi connectivity index (χ3v) is 5.27. The summed E-state index contributed by atoms with van der Waals surface area (Å²) in [6.07, 6.45) is 3.73. The minimum atomic E-state index is 0.679. The van der Waals surface area contributed by atoms with Crippen LogP contribution in [0.15, 0.2) is 72.1 Å². The molecule has 0 aliphatic rings. The van der Waals surface area contributed by atoms with Crippen LogP contribution < -0.4 is 9.47 Å². The summed E-state index contributed by atoms with van der Waals surface area (Å²) in [5.74, 6) is 2.22. The molecule has 2 aromatic heterocycles. The van der Waals surface area contributed by atoms with Crippen LogP contribution in [-0.4, -0.2) is 28.6 Å². The van der Waals surface area contributed by atoms with Crippen molar-refractivity contribution in [2.24, 2.45) is 0 Å². The molecule has 6 heteroatoms. The van der Waals surface area contributed by atoms with Crippen LogP contribution in [0.2, 0.25) is 0 Å². The molecule has 0 unspecified atom stereocenters. The van der Waals surface area contributed by atoms with Gasteiger partial charge >= 0.3 is 0 Å². The Labute approximate surface area is 162 Å². The molecule has 4 aromatic rings. The van der Waals surface area contributed by atoms with Crippen LogP contribution in [0.3, 0.4) is 0 Å². The molecule has 0 aliphatic carbocycles. The quantitative estimate of drug-likeness (QED) is 0.360. The summed E-state index contributed by atoms with van der Waals surface area (Å²) in [5.41, 5.74) is 3.93. The average Bonchev–Trinajstić information content (AvgIpc) is 3.21. The minimum absolute atomic E-state index is 0.679. The van der Waals surface area contributed by atoms with Gasteiger partial charge in [-0.2, -0.15) is 0 Å². The zero-order valence-corrected chi connectivity index (χ0v) is 15.9. The molecule has 0 saturated heterocycles. The van der Waals surface area contributed by atoms with Crippen LogP contribution in [0.4, 0.5) is 0 Å². The number of hydrogen-bond donors (Lipinski definition) is 0. The van der Waals surface area contributed by atoms with Crippen molar-refractivity contribution >= 4 is 17.4 Å². The number of hydrogen-bond acceptors (Lipinski definition) is 5.